The molecule has 3 rings (SSSR count). The van der Waals surface area contributed by atoms with Crippen LogP contribution in [0.15, 0.2) is 47.3 Å². The van der Waals surface area contributed by atoms with Crippen LogP contribution in [0, 0.1) is 13.8 Å². The number of aryl methyl sites for hydroxylation is 2. The summed E-state index contributed by atoms with van der Waals surface area (Å²) < 4.78 is 1.80. The summed E-state index contributed by atoms with van der Waals surface area (Å²) in [5.74, 6) is 0. The topological polar surface area (TPSA) is 37.8 Å². The third kappa shape index (κ3) is 2.08. The fraction of sp³-hybridized carbons (Fsp3) is 0.188. The Morgan fingerprint density at radius 2 is 1.79 bits per heavy atom. The van der Waals surface area contributed by atoms with Gasteiger partial charge in [0, 0.05) is 0 Å². The molecule has 0 radical (unpaired) electrons. The maximum absolute atomic E-state index is 12.1. The van der Waals surface area contributed by atoms with E-state index < -0.39 is 0 Å². The van der Waals surface area contributed by atoms with Crippen molar-refractivity contribution in [1.29, 1.82) is 0 Å². The van der Waals surface area contributed by atoms with Crippen LogP contribution in [0.1, 0.15) is 16.7 Å². The molecule has 0 unspecified atom stereocenters. The van der Waals surface area contributed by atoms with Gasteiger partial charge < -0.3 is 4.98 Å². The second-order valence-electron chi connectivity index (χ2n) is 4.97. The van der Waals surface area contributed by atoms with E-state index in [0.29, 0.717) is 6.54 Å². The van der Waals surface area contributed by atoms with E-state index in [4.69, 9.17) is 0 Å². The second kappa shape index (κ2) is 4.43. The molecule has 1 heterocycles. The van der Waals surface area contributed by atoms with E-state index in [2.05, 4.69) is 36.2 Å². The van der Waals surface area contributed by atoms with Gasteiger partial charge in [-0.1, -0.05) is 42.0 Å². The lowest BCUT2D eigenvalue weighted by atomic mass is 10.1. The molecule has 3 aromatic rings. The van der Waals surface area contributed by atoms with E-state index in [-0.39, 0.29) is 5.69 Å². The molecule has 0 spiro atoms. The first-order chi connectivity index (χ1) is 9.15. The van der Waals surface area contributed by atoms with Crippen molar-refractivity contribution < 1.29 is 0 Å². The molecule has 96 valence electrons. The highest BCUT2D eigenvalue weighted by Gasteiger charge is 2.08. The van der Waals surface area contributed by atoms with Gasteiger partial charge in [-0.25, -0.2) is 4.79 Å². The Morgan fingerprint density at radius 3 is 2.53 bits per heavy atom. The minimum atomic E-state index is -0.0510. The summed E-state index contributed by atoms with van der Waals surface area (Å²) in [5, 5.41) is 0. The summed E-state index contributed by atoms with van der Waals surface area (Å²) in [6.45, 7) is 4.69. The largest absolute Gasteiger partial charge is 0.326 e. The van der Waals surface area contributed by atoms with E-state index in [1.165, 1.54) is 5.56 Å². The standard InChI is InChI=1S/C16H16N2O/c1-11-6-8-13(9-7-11)10-18-15-12(2)4-3-5-14(15)17-16(18)19/h3-9H,10H2,1-2H3,(H,17,19). The van der Waals surface area contributed by atoms with Crippen LogP contribution in [0.4, 0.5) is 0 Å². The number of imidazole rings is 1. The van der Waals surface area contributed by atoms with Crippen molar-refractivity contribution in [2.24, 2.45) is 0 Å². The Hall–Kier alpha value is -2.29. The molecule has 19 heavy (non-hydrogen) atoms. The predicted octanol–water partition coefficient (Wildman–Crippen LogP) is 2.99. The molecule has 0 aliphatic rings. The SMILES string of the molecule is Cc1ccc(Cn2c(=O)[nH]c3cccc(C)c32)cc1. The maximum atomic E-state index is 12.1. The molecule has 0 fully saturated rings. The predicted molar refractivity (Wildman–Crippen MR) is 77.6 cm³/mol. The van der Waals surface area contributed by atoms with Crippen LogP contribution in [0.3, 0.4) is 0 Å². The van der Waals surface area contributed by atoms with Gasteiger partial charge in [0.05, 0.1) is 17.6 Å². The molecule has 0 amide bonds. The van der Waals surface area contributed by atoms with Gasteiger partial charge in [0.25, 0.3) is 0 Å². The highest BCUT2D eigenvalue weighted by molar-refractivity contribution is 5.78. The van der Waals surface area contributed by atoms with Crippen LogP contribution in [-0.4, -0.2) is 9.55 Å². The molecule has 0 atom stereocenters. The van der Waals surface area contributed by atoms with Gasteiger partial charge in [-0.15, -0.1) is 0 Å². The van der Waals surface area contributed by atoms with Gasteiger partial charge >= 0.3 is 5.69 Å². The highest BCUT2D eigenvalue weighted by Crippen LogP contribution is 2.16. The average molecular weight is 252 g/mol. The monoisotopic (exact) mass is 252 g/mol. The molecule has 0 saturated heterocycles. The number of hydrogen-bond acceptors (Lipinski definition) is 1. The number of nitrogens with zero attached hydrogens (tertiary/aromatic N) is 1. The van der Waals surface area contributed by atoms with Crippen molar-refractivity contribution in [3.05, 3.63) is 69.6 Å². The van der Waals surface area contributed by atoms with Crippen molar-refractivity contribution in [1.82, 2.24) is 9.55 Å². The number of rotatable bonds is 2. The molecule has 2 aromatic carbocycles. The smallest absolute Gasteiger partial charge is 0.306 e. The zero-order valence-electron chi connectivity index (χ0n) is 11.1. The summed E-state index contributed by atoms with van der Waals surface area (Å²) in [7, 11) is 0. The van der Waals surface area contributed by atoms with E-state index >= 15 is 0 Å². The zero-order valence-corrected chi connectivity index (χ0v) is 11.1. The Labute approximate surface area is 111 Å². The maximum Gasteiger partial charge on any atom is 0.326 e. The Bertz CT molecular complexity index is 779. The van der Waals surface area contributed by atoms with Gasteiger partial charge in [0.2, 0.25) is 0 Å². The molecular formula is C16H16N2O. The number of aromatic nitrogens is 2. The van der Waals surface area contributed by atoms with Crippen molar-refractivity contribution in [3.63, 3.8) is 0 Å². The van der Waals surface area contributed by atoms with Crippen molar-refractivity contribution in [3.8, 4) is 0 Å². The molecule has 0 aliphatic carbocycles. The fourth-order valence-corrected chi connectivity index (χ4v) is 2.43. The fourth-order valence-electron chi connectivity index (χ4n) is 2.43. The number of H-pyrrole nitrogens is 1. The second-order valence-corrected chi connectivity index (χ2v) is 4.97. The van der Waals surface area contributed by atoms with Crippen LogP contribution >= 0.6 is 0 Å². The van der Waals surface area contributed by atoms with Gasteiger partial charge in [-0.3, -0.25) is 4.57 Å². The number of para-hydroxylation sites is 1. The lowest BCUT2D eigenvalue weighted by Crippen LogP contribution is -2.17. The van der Waals surface area contributed by atoms with Crippen LogP contribution in [0.5, 0.6) is 0 Å². The first kappa shape index (κ1) is 11.8. The third-order valence-electron chi connectivity index (χ3n) is 3.46. The van der Waals surface area contributed by atoms with Crippen LogP contribution in [0.25, 0.3) is 11.0 Å². The molecule has 3 heteroatoms. The van der Waals surface area contributed by atoms with Crippen LogP contribution in [-0.2, 0) is 6.54 Å². The van der Waals surface area contributed by atoms with Crippen molar-refractivity contribution >= 4 is 11.0 Å². The molecule has 0 bridgehead atoms. The van der Waals surface area contributed by atoms with Crippen LogP contribution in [0.2, 0.25) is 0 Å². The van der Waals surface area contributed by atoms with Crippen molar-refractivity contribution in [2.75, 3.05) is 0 Å². The molecule has 1 aromatic heterocycles. The average Bonchev–Trinajstić information content (AvgIpc) is 2.70. The summed E-state index contributed by atoms with van der Waals surface area (Å²) in [5.41, 5.74) is 5.32. The van der Waals surface area contributed by atoms with Gasteiger partial charge in [-0.2, -0.15) is 0 Å². The number of aromatic amines is 1. The molecular weight excluding hydrogens is 236 g/mol. The number of nitrogens with one attached hydrogen (secondary N) is 1. The molecule has 1 N–H and O–H groups in total. The lowest BCUT2D eigenvalue weighted by molar-refractivity contribution is 0.785. The molecule has 3 nitrogen and oxygen atoms in total. The van der Waals surface area contributed by atoms with E-state index in [1.807, 2.05) is 25.1 Å². The minimum Gasteiger partial charge on any atom is -0.306 e. The quantitative estimate of drug-likeness (QED) is 0.748. The Morgan fingerprint density at radius 1 is 1.05 bits per heavy atom. The van der Waals surface area contributed by atoms with E-state index in [9.17, 15) is 4.79 Å². The first-order valence-electron chi connectivity index (χ1n) is 6.39. The van der Waals surface area contributed by atoms with E-state index in [1.54, 1.807) is 4.57 Å². The van der Waals surface area contributed by atoms with Crippen LogP contribution < -0.4 is 5.69 Å². The Kier molecular flexibility index (Phi) is 2.75. The van der Waals surface area contributed by atoms with E-state index in [0.717, 1.165) is 22.2 Å². The summed E-state index contributed by atoms with van der Waals surface area (Å²) in [6, 6.07) is 14.2. The molecule has 0 saturated carbocycles. The van der Waals surface area contributed by atoms with Gasteiger partial charge in [-0.05, 0) is 31.0 Å². The summed E-state index contributed by atoms with van der Waals surface area (Å²) >= 11 is 0. The first-order valence-corrected chi connectivity index (χ1v) is 6.39. The van der Waals surface area contributed by atoms with Gasteiger partial charge in [0.1, 0.15) is 0 Å². The normalized spacial score (nSPS) is 11.1. The minimum absolute atomic E-state index is 0.0510. The number of fused-ring (bicyclic) bond motifs is 1. The summed E-state index contributed by atoms with van der Waals surface area (Å²) in [4.78, 5) is 15.0. The third-order valence-corrected chi connectivity index (χ3v) is 3.46. The summed E-state index contributed by atoms with van der Waals surface area (Å²) in [6.07, 6.45) is 0. The highest BCUT2D eigenvalue weighted by atomic mass is 16.1. The van der Waals surface area contributed by atoms with Gasteiger partial charge in [0.15, 0.2) is 0 Å². The lowest BCUT2D eigenvalue weighted by Gasteiger charge is -2.06. The number of benzene rings is 2. The molecule has 0 aliphatic heterocycles. The Balaban J connectivity index is 2.12. The zero-order chi connectivity index (χ0) is 13.4. The van der Waals surface area contributed by atoms with Crippen molar-refractivity contribution in [2.45, 2.75) is 20.4 Å². The number of hydrogen-bond donors (Lipinski definition) is 1.